The Labute approximate surface area is 212 Å². The number of aliphatic hydroxyl groups is 1. The number of carbonyl (C=O) groups is 3. The van der Waals surface area contributed by atoms with E-state index >= 15 is 0 Å². The van der Waals surface area contributed by atoms with Crippen LogP contribution in [0.25, 0.3) is 0 Å². The maximum Gasteiger partial charge on any atom is 0.310 e. The van der Waals surface area contributed by atoms with Crippen molar-refractivity contribution in [3.05, 3.63) is 48.6 Å². The van der Waals surface area contributed by atoms with Gasteiger partial charge in [0.2, 0.25) is 11.8 Å². The van der Waals surface area contributed by atoms with Crippen LogP contribution in [0.5, 0.6) is 0 Å². The van der Waals surface area contributed by atoms with E-state index in [1.54, 1.807) is 17.9 Å². The Morgan fingerprint density at radius 3 is 2.58 bits per heavy atom. The zero-order chi connectivity index (χ0) is 26.3. The Hall–Kier alpha value is -2.71. The van der Waals surface area contributed by atoms with Gasteiger partial charge in [-0.2, -0.15) is 0 Å². The predicted molar refractivity (Wildman–Crippen MR) is 134 cm³/mol. The van der Waals surface area contributed by atoms with Crippen molar-refractivity contribution in [3.8, 4) is 0 Å². The van der Waals surface area contributed by atoms with E-state index in [9.17, 15) is 24.6 Å². The van der Waals surface area contributed by atoms with Gasteiger partial charge in [-0.1, -0.05) is 49.8 Å². The molecule has 0 aliphatic carbocycles. The van der Waals surface area contributed by atoms with E-state index < -0.39 is 47.0 Å². The summed E-state index contributed by atoms with van der Waals surface area (Å²) in [5.74, 6) is -3.79. The molecule has 196 valence electrons. The zero-order valence-electron chi connectivity index (χ0n) is 21.4. The minimum Gasteiger partial charge on any atom is -0.481 e. The molecule has 2 N–H and O–H groups in total. The Kier molecular flexibility index (Phi) is 7.30. The van der Waals surface area contributed by atoms with Gasteiger partial charge in [0.1, 0.15) is 11.6 Å². The summed E-state index contributed by atoms with van der Waals surface area (Å²) in [5, 5.41) is 20.6. The third-order valence-electron chi connectivity index (χ3n) is 8.48. The number of carboxylic acids is 1. The lowest BCUT2D eigenvalue weighted by Crippen LogP contribution is -2.60. The summed E-state index contributed by atoms with van der Waals surface area (Å²) in [6.07, 6.45) is 4.55. The molecule has 4 rings (SSSR count). The molecule has 3 fully saturated rings. The fraction of sp³-hybridized carbons (Fsp3) is 0.607. The predicted octanol–water partition coefficient (Wildman–Crippen LogP) is 2.64. The molecule has 3 heterocycles. The van der Waals surface area contributed by atoms with Gasteiger partial charge in [-0.3, -0.25) is 14.4 Å². The summed E-state index contributed by atoms with van der Waals surface area (Å²) >= 11 is 0. The molecular formula is C28H38N2O6. The Bertz CT molecular complexity index is 1010. The number of amides is 2. The van der Waals surface area contributed by atoms with Crippen LogP contribution in [0.2, 0.25) is 0 Å². The highest BCUT2D eigenvalue weighted by molar-refractivity contribution is 5.98. The Morgan fingerprint density at radius 2 is 2.00 bits per heavy atom. The molecule has 1 aromatic rings. The Morgan fingerprint density at radius 1 is 1.31 bits per heavy atom. The fourth-order valence-corrected chi connectivity index (χ4v) is 6.91. The third kappa shape index (κ3) is 4.04. The lowest BCUT2D eigenvalue weighted by atomic mass is 9.66. The SMILES string of the molecule is C=CCN(C(=O)C1N([C@@H](CO)Cc2ccccc2)C(=O)[C@@H]2[C@@H](C(=O)O)[C@@]3(C)CCC12O3)C(C)CCC. The molecule has 7 atom stereocenters. The molecule has 3 unspecified atom stereocenters. The number of hydrogen-bond donors (Lipinski definition) is 2. The molecule has 3 aliphatic rings. The van der Waals surface area contributed by atoms with Gasteiger partial charge >= 0.3 is 5.97 Å². The van der Waals surface area contributed by atoms with Crippen LogP contribution in [0.1, 0.15) is 52.0 Å². The van der Waals surface area contributed by atoms with Crippen molar-refractivity contribution in [1.82, 2.24) is 9.80 Å². The second-order valence-corrected chi connectivity index (χ2v) is 10.8. The van der Waals surface area contributed by atoms with Crippen molar-refractivity contribution in [2.75, 3.05) is 13.2 Å². The summed E-state index contributed by atoms with van der Waals surface area (Å²) in [6.45, 7) is 9.55. The number of fused-ring (bicyclic) bond motifs is 1. The molecule has 8 heteroatoms. The van der Waals surface area contributed by atoms with Crippen LogP contribution < -0.4 is 0 Å². The van der Waals surface area contributed by atoms with Crippen LogP contribution in [0, 0.1) is 11.8 Å². The number of ether oxygens (including phenoxy) is 1. The number of benzene rings is 1. The maximum absolute atomic E-state index is 14.4. The van der Waals surface area contributed by atoms with Crippen LogP contribution in [0.4, 0.5) is 0 Å². The lowest BCUT2D eigenvalue weighted by Gasteiger charge is -2.41. The van der Waals surface area contributed by atoms with Crippen LogP contribution in [0.15, 0.2) is 43.0 Å². The fourth-order valence-electron chi connectivity index (χ4n) is 6.91. The zero-order valence-corrected chi connectivity index (χ0v) is 21.4. The van der Waals surface area contributed by atoms with Gasteiger partial charge in [0.15, 0.2) is 0 Å². The van der Waals surface area contributed by atoms with Crippen LogP contribution in [-0.4, -0.2) is 80.3 Å². The second kappa shape index (κ2) is 9.98. The highest BCUT2D eigenvalue weighted by Gasteiger charge is 2.78. The van der Waals surface area contributed by atoms with E-state index in [1.165, 1.54) is 4.90 Å². The minimum atomic E-state index is -1.23. The molecule has 2 bridgehead atoms. The van der Waals surface area contributed by atoms with E-state index in [4.69, 9.17) is 4.74 Å². The van der Waals surface area contributed by atoms with Crippen molar-refractivity contribution in [2.24, 2.45) is 11.8 Å². The molecule has 3 saturated heterocycles. The largest absolute Gasteiger partial charge is 0.481 e. The van der Waals surface area contributed by atoms with Gasteiger partial charge in [-0.15, -0.1) is 6.58 Å². The molecule has 1 spiro atoms. The van der Waals surface area contributed by atoms with Crippen LogP contribution in [-0.2, 0) is 25.5 Å². The summed E-state index contributed by atoms with van der Waals surface area (Å²) in [5.41, 5.74) is -1.33. The minimum absolute atomic E-state index is 0.0981. The molecular weight excluding hydrogens is 460 g/mol. The average Bonchev–Trinajstić information content (AvgIpc) is 3.42. The molecule has 0 saturated carbocycles. The highest BCUT2D eigenvalue weighted by Crippen LogP contribution is 2.63. The summed E-state index contributed by atoms with van der Waals surface area (Å²) in [4.78, 5) is 44.1. The van der Waals surface area contributed by atoms with E-state index in [1.807, 2.05) is 37.3 Å². The average molecular weight is 499 g/mol. The monoisotopic (exact) mass is 498 g/mol. The van der Waals surface area contributed by atoms with Crippen LogP contribution in [0.3, 0.4) is 0 Å². The van der Waals surface area contributed by atoms with E-state index in [2.05, 4.69) is 13.5 Å². The van der Waals surface area contributed by atoms with Crippen LogP contribution >= 0.6 is 0 Å². The van der Waals surface area contributed by atoms with Crippen molar-refractivity contribution in [1.29, 1.82) is 0 Å². The van der Waals surface area contributed by atoms with Gasteiger partial charge in [0, 0.05) is 12.6 Å². The molecule has 1 aromatic carbocycles. The number of hydrogen-bond acceptors (Lipinski definition) is 5. The van der Waals surface area contributed by atoms with Gasteiger partial charge < -0.3 is 24.7 Å². The topological polar surface area (TPSA) is 107 Å². The number of nitrogens with zero attached hydrogens (tertiary/aromatic N) is 2. The van der Waals surface area contributed by atoms with Gasteiger partial charge in [0.05, 0.1) is 30.1 Å². The molecule has 0 aromatic heterocycles. The summed E-state index contributed by atoms with van der Waals surface area (Å²) in [6, 6.07) is 7.68. The third-order valence-corrected chi connectivity index (χ3v) is 8.48. The number of aliphatic carboxylic acids is 1. The first kappa shape index (κ1) is 26.4. The standard InChI is InChI=1S/C28H38N2O6/c1-5-10-18(3)29(15-6-2)25(33)23-28-14-13-27(4,36-28)22(26(34)35)21(28)24(32)30(23)20(17-31)16-19-11-8-7-9-12-19/h6-9,11-12,18,20-23,31H,2,5,10,13-17H2,1,3-4H3,(H,34,35)/t18?,20-,21+,22+,23?,27-,28?/m1/s1. The van der Waals surface area contributed by atoms with Gasteiger partial charge in [-0.05, 0) is 45.1 Å². The summed E-state index contributed by atoms with van der Waals surface area (Å²) in [7, 11) is 0. The van der Waals surface area contributed by atoms with E-state index in [0.717, 1.165) is 18.4 Å². The van der Waals surface area contributed by atoms with Crippen molar-refractivity contribution in [2.45, 2.75) is 82.2 Å². The van der Waals surface area contributed by atoms with Gasteiger partial charge in [0.25, 0.3) is 0 Å². The molecule has 8 nitrogen and oxygen atoms in total. The molecule has 0 radical (unpaired) electrons. The normalized spacial score (nSPS) is 32.3. The first-order valence-corrected chi connectivity index (χ1v) is 13.0. The first-order chi connectivity index (χ1) is 17.1. The molecule has 2 amide bonds. The number of likely N-dealkylation sites (tertiary alicyclic amines) is 1. The first-order valence-electron chi connectivity index (χ1n) is 13.0. The van der Waals surface area contributed by atoms with Crippen molar-refractivity contribution >= 4 is 17.8 Å². The van der Waals surface area contributed by atoms with Crippen molar-refractivity contribution < 1.29 is 29.3 Å². The second-order valence-electron chi connectivity index (χ2n) is 10.8. The van der Waals surface area contributed by atoms with Gasteiger partial charge in [-0.25, -0.2) is 0 Å². The van der Waals surface area contributed by atoms with E-state index in [-0.39, 0.29) is 18.6 Å². The summed E-state index contributed by atoms with van der Waals surface area (Å²) < 4.78 is 6.49. The van der Waals surface area contributed by atoms with E-state index in [0.29, 0.717) is 25.8 Å². The Balaban J connectivity index is 1.81. The molecule has 36 heavy (non-hydrogen) atoms. The quantitative estimate of drug-likeness (QED) is 0.454. The molecule has 3 aliphatic heterocycles. The number of carbonyl (C=O) groups excluding carboxylic acids is 2. The highest BCUT2D eigenvalue weighted by atomic mass is 16.5. The number of carboxylic acid groups (broad SMARTS) is 1. The number of aliphatic hydroxyl groups excluding tert-OH is 1. The maximum atomic E-state index is 14.4. The smallest absolute Gasteiger partial charge is 0.310 e. The number of rotatable bonds is 11. The lowest BCUT2D eigenvalue weighted by molar-refractivity contribution is -0.159. The van der Waals surface area contributed by atoms with Crippen molar-refractivity contribution in [3.63, 3.8) is 0 Å².